The van der Waals surface area contributed by atoms with Crippen LogP contribution in [0.2, 0.25) is 0 Å². The van der Waals surface area contributed by atoms with Gasteiger partial charge in [0.1, 0.15) is 0 Å². The Balaban J connectivity index is 2.26. The number of carbonyl (C=O) groups is 1. The summed E-state index contributed by atoms with van der Waals surface area (Å²) < 4.78 is 0. The minimum absolute atomic E-state index is 0.00704. The van der Waals surface area contributed by atoms with Crippen molar-refractivity contribution < 1.29 is 4.79 Å². The molecule has 1 aliphatic carbocycles. The largest absolute Gasteiger partial charge is 0.351 e. The Morgan fingerprint density at radius 1 is 1.50 bits per heavy atom. The molecule has 80 valence electrons. The summed E-state index contributed by atoms with van der Waals surface area (Å²) >= 11 is 0. The van der Waals surface area contributed by atoms with Gasteiger partial charge in [0.05, 0.1) is 6.04 Å². The molecule has 14 heavy (non-hydrogen) atoms. The highest BCUT2D eigenvalue weighted by molar-refractivity contribution is 5.81. The van der Waals surface area contributed by atoms with Crippen molar-refractivity contribution in [2.45, 2.75) is 45.2 Å². The van der Waals surface area contributed by atoms with Crippen LogP contribution in [0.4, 0.5) is 0 Å². The van der Waals surface area contributed by atoms with Crippen LogP contribution >= 0.6 is 0 Å². The zero-order valence-electron chi connectivity index (χ0n) is 8.99. The maximum absolute atomic E-state index is 11.6. The number of nitrogens with one attached hydrogen (secondary N) is 1. The third-order valence-corrected chi connectivity index (χ3v) is 2.42. The van der Waals surface area contributed by atoms with Crippen molar-refractivity contribution in [2.75, 3.05) is 0 Å². The van der Waals surface area contributed by atoms with Crippen molar-refractivity contribution in [3.8, 4) is 0 Å². The molecule has 1 atom stereocenters. The molecule has 0 aromatic heterocycles. The molecule has 0 aromatic rings. The molecule has 0 aliphatic heterocycles. The Kier molecular flexibility index (Phi) is 4.14. The molecule has 0 fully saturated rings. The van der Waals surface area contributed by atoms with Crippen molar-refractivity contribution in [3.05, 3.63) is 12.2 Å². The number of carbonyl (C=O) groups excluding carboxylic acids is 1. The maximum Gasteiger partial charge on any atom is 0.237 e. The molecular formula is C11H20N2O. The van der Waals surface area contributed by atoms with Crippen LogP contribution in [0.3, 0.4) is 0 Å². The minimum atomic E-state index is -0.351. The van der Waals surface area contributed by atoms with Crippen molar-refractivity contribution >= 4 is 5.91 Å². The quantitative estimate of drug-likeness (QED) is 0.664. The second kappa shape index (κ2) is 5.15. The molecule has 0 spiro atoms. The van der Waals surface area contributed by atoms with Gasteiger partial charge in [-0.1, -0.05) is 26.0 Å². The summed E-state index contributed by atoms with van der Waals surface area (Å²) in [6, 6.07) is -0.0729. The van der Waals surface area contributed by atoms with E-state index in [1.54, 1.807) is 0 Å². The Morgan fingerprint density at radius 2 is 2.07 bits per heavy atom. The summed E-state index contributed by atoms with van der Waals surface area (Å²) in [6.07, 6.45) is 6.84. The van der Waals surface area contributed by atoms with Gasteiger partial charge in [-0.25, -0.2) is 0 Å². The van der Waals surface area contributed by atoms with Gasteiger partial charge in [-0.3, -0.25) is 4.79 Å². The van der Waals surface area contributed by atoms with Crippen LogP contribution in [0, 0.1) is 5.92 Å². The summed E-state index contributed by atoms with van der Waals surface area (Å²) in [5, 5.41) is 2.96. The zero-order chi connectivity index (χ0) is 10.6. The first-order chi connectivity index (χ1) is 6.59. The lowest BCUT2D eigenvalue weighted by molar-refractivity contribution is -0.123. The molecule has 0 heterocycles. The first-order valence-electron chi connectivity index (χ1n) is 5.30. The monoisotopic (exact) mass is 196 g/mol. The van der Waals surface area contributed by atoms with Gasteiger partial charge in [-0.15, -0.1) is 0 Å². The van der Waals surface area contributed by atoms with E-state index in [-0.39, 0.29) is 18.0 Å². The fourth-order valence-corrected chi connectivity index (χ4v) is 1.66. The summed E-state index contributed by atoms with van der Waals surface area (Å²) in [7, 11) is 0. The molecule has 0 radical (unpaired) electrons. The summed E-state index contributed by atoms with van der Waals surface area (Å²) in [6.45, 7) is 4.15. The third-order valence-electron chi connectivity index (χ3n) is 2.42. The molecule has 0 saturated carbocycles. The molecule has 0 saturated heterocycles. The molecule has 3 N–H and O–H groups in total. The van der Waals surface area contributed by atoms with E-state index in [0.29, 0.717) is 5.92 Å². The van der Waals surface area contributed by atoms with E-state index in [1.165, 1.54) is 0 Å². The van der Waals surface area contributed by atoms with Crippen molar-refractivity contribution in [3.63, 3.8) is 0 Å². The zero-order valence-corrected chi connectivity index (χ0v) is 8.99. The number of hydrogen-bond acceptors (Lipinski definition) is 2. The molecule has 0 bridgehead atoms. The van der Waals surface area contributed by atoms with Gasteiger partial charge in [0.2, 0.25) is 5.91 Å². The van der Waals surface area contributed by atoms with Gasteiger partial charge in [0, 0.05) is 6.04 Å². The van der Waals surface area contributed by atoms with Gasteiger partial charge < -0.3 is 11.1 Å². The molecule has 3 nitrogen and oxygen atoms in total. The average Bonchev–Trinajstić information content (AvgIpc) is 2.55. The molecule has 1 unspecified atom stereocenters. The Bertz CT molecular complexity index is 215. The van der Waals surface area contributed by atoms with Crippen LogP contribution in [0.1, 0.15) is 33.1 Å². The highest BCUT2D eigenvalue weighted by Gasteiger charge is 2.19. The SMILES string of the molecule is CC(C)CC(N)C(=O)NC1CC=CC1. The summed E-state index contributed by atoms with van der Waals surface area (Å²) in [4.78, 5) is 11.6. The lowest BCUT2D eigenvalue weighted by Gasteiger charge is -2.17. The van der Waals surface area contributed by atoms with E-state index < -0.39 is 0 Å². The van der Waals surface area contributed by atoms with Crippen LogP contribution < -0.4 is 11.1 Å². The van der Waals surface area contributed by atoms with E-state index in [9.17, 15) is 4.79 Å². The Morgan fingerprint density at radius 3 is 2.57 bits per heavy atom. The van der Waals surface area contributed by atoms with Crippen molar-refractivity contribution in [1.82, 2.24) is 5.32 Å². The molecule has 0 aromatic carbocycles. The van der Waals surface area contributed by atoms with E-state index in [4.69, 9.17) is 5.73 Å². The molecule has 1 rings (SSSR count). The van der Waals surface area contributed by atoms with E-state index in [2.05, 4.69) is 31.3 Å². The fraction of sp³-hybridized carbons (Fsp3) is 0.727. The molecule has 1 amide bonds. The first kappa shape index (κ1) is 11.2. The summed E-state index contributed by atoms with van der Waals surface area (Å²) in [5.41, 5.74) is 5.76. The standard InChI is InChI=1S/C11H20N2O/c1-8(2)7-10(12)11(14)13-9-5-3-4-6-9/h3-4,8-10H,5-7,12H2,1-2H3,(H,13,14). The van der Waals surface area contributed by atoms with Gasteiger partial charge in [-0.05, 0) is 25.2 Å². The van der Waals surface area contributed by atoms with Gasteiger partial charge >= 0.3 is 0 Å². The van der Waals surface area contributed by atoms with Crippen molar-refractivity contribution in [1.29, 1.82) is 0 Å². The second-order valence-electron chi connectivity index (χ2n) is 4.38. The smallest absolute Gasteiger partial charge is 0.237 e. The number of hydrogen-bond donors (Lipinski definition) is 2. The van der Waals surface area contributed by atoms with Gasteiger partial charge in [0.25, 0.3) is 0 Å². The predicted octanol–water partition coefficient (Wildman–Crippen LogP) is 1.19. The molecule has 1 aliphatic rings. The topological polar surface area (TPSA) is 55.1 Å². The van der Waals surface area contributed by atoms with E-state index in [1.807, 2.05) is 0 Å². The third kappa shape index (κ3) is 3.50. The Labute approximate surface area is 85.7 Å². The normalized spacial score (nSPS) is 18.9. The van der Waals surface area contributed by atoms with E-state index >= 15 is 0 Å². The lowest BCUT2D eigenvalue weighted by atomic mass is 10.0. The predicted molar refractivity (Wildman–Crippen MR) is 57.7 cm³/mol. The van der Waals surface area contributed by atoms with Gasteiger partial charge in [-0.2, -0.15) is 0 Å². The highest BCUT2D eigenvalue weighted by Crippen LogP contribution is 2.10. The van der Waals surface area contributed by atoms with Crippen LogP contribution in [0.15, 0.2) is 12.2 Å². The van der Waals surface area contributed by atoms with Crippen LogP contribution in [-0.4, -0.2) is 18.0 Å². The van der Waals surface area contributed by atoms with Crippen LogP contribution in [0.25, 0.3) is 0 Å². The minimum Gasteiger partial charge on any atom is -0.351 e. The van der Waals surface area contributed by atoms with Crippen LogP contribution in [-0.2, 0) is 4.79 Å². The molecule has 3 heteroatoms. The molecular weight excluding hydrogens is 176 g/mol. The van der Waals surface area contributed by atoms with E-state index in [0.717, 1.165) is 19.3 Å². The number of amides is 1. The number of rotatable bonds is 4. The second-order valence-corrected chi connectivity index (χ2v) is 4.38. The van der Waals surface area contributed by atoms with Gasteiger partial charge in [0.15, 0.2) is 0 Å². The number of nitrogens with two attached hydrogens (primary N) is 1. The maximum atomic E-state index is 11.6. The summed E-state index contributed by atoms with van der Waals surface area (Å²) in [5.74, 6) is 0.463. The fourth-order valence-electron chi connectivity index (χ4n) is 1.66. The van der Waals surface area contributed by atoms with Crippen LogP contribution in [0.5, 0.6) is 0 Å². The highest BCUT2D eigenvalue weighted by atomic mass is 16.2. The Hall–Kier alpha value is -0.830. The average molecular weight is 196 g/mol. The lowest BCUT2D eigenvalue weighted by Crippen LogP contribution is -2.45. The first-order valence-corrected chi connectivity index (χ1v) is 5.30. The van der Waals surface area contributed by atoms with Crippen molar-refractivity contribution in [2.24, 2.45) is 11.7 Å².